The van der Waals surface area contributed by atoms with E-state index in [1.807, 2.05) is 0 Å². The number of nitrogens with zero attached hydrogens (tertiary/aromatic N) is 2. The van der Waals surface area contributed by atoms with Crippen molar-refractivity contribution >= 4 is 0 Å². The van der Waals surface area contributed by atoms with Crippen LogP contribution in [0.5, 0.6) is 0 Å². The van der Waals surface area contributed by atoms with Crippen LogP contribution in [0, 0.1) is 0 Å². The van der Waals surface area contributed by atoms with Gasteiger partial charge in [0.05, 0.1) is 6.54 Å². The fourth-order valence-corrected chi connectivity index (χ4v) is 1.59. The van der Waals surface area contributed by atoms with E-state index >= 15 is 0 Å². The highest BCUT2D eigenvalue weighted by atomic mass is 15.2. The molecule has 1 heterocycles. The lowest BCUT2D eigenvalue weighted by atomic mass is 10.1. The Morgan fingerprint density at radius 3 is 2.44 bits per heavy atom. The summed E-state index contributed by atoms with van der Waals surface area (Å²) in [5.74, 6) is 1.53. The molecule has 1 aromatic heterocycles. The Morgan fingerprint density at radius 2 is 1.88 bits per heavy atom. The van der Waals surface area contributed by atoms with Gasteiger partial charge in [0.1, 0.15) is 5.82 Å². The van der Waals surface area contributed by atoms with Gasteiger partial charge in [0, 0.05) is 6.42 Å². The Hall–Kier alpha value is -1.68. The van der Waals surface area contributed by atoms with E-state index in [0.717, 1.165) is 18.7 Å². The van der Waals surface area contributed by atoms with Crippen molar-refractivity contribution < 1.29 is 0 Å². The predicted molar refractivity (Wildman–Crippen MR) is 62.9 cm³/mol. The quantitative estimate of drug-likeness (QED) is 0.812. The van der Waals surface area contributed by atoms with E-state index < -0.39 is 0 Å². The third-order valence-electron chi connectivity index (χ3n) is 2.56. The summed E-state index contributed by atoms with van der Waals surface area (Å²) in [5, 5.41) is 6.90. The number of benzene rings is 1. The number of rotatable bonds is 4. The van der Waals surface area contributed by atoms with E-state index in [-0.39, 0.29) is 0 Å². The number of aromatic nitrogens is 3. The van der Waals surface area contributed by atoms with Gasteiger partial charge in [-0.15, -0.1) is 0 Å². The zero-order valence-electron chi connectivity index (χ0n) is 9.40. The summed E-state index contributed by atoms with van der Waals surface area (Å²) < 4.78 is 0. The molecule has 0 radical (unpaired) electrons. The molecule has 16 heavy (non-hydrogen) atoms. The number of nitrogens with one attached hydrogen (secondary N) is 1. The molecule has 0 aliphatic heterocycles. The van der Waals surface area contributed by atoms with Gasteiger partial charge in [-0.2, -0.15) is 5.10 Å². The van der Waals surface area contributed by atoms with Gasteiger partial charge < -0.3 is 5.73 Å². The van der Waals surface area contributed by atoms with Crippen LogP contribution in [-0.4, -0.2) is 15.2 Å². The lowest BCUT2D eigenvalue weighted by Crippen LogP contribution is -1.98. The van der Waals surface area contributed by atoms with Crippen LogP contribution in [0.4, 0.5) is 0 Å². The summed E-state index contributed by atoms with van der Waals surface area (Å²) in [7, 11) is 0. The first kappa shape index (κ1) is 10.8. The van der Waals surface area contributed by atoms with Crippen molar-refractivity contribution in [3.8, 4) is 0 Å². The normalized spacial score (nSPS) is 10.6. The van der Waals surface area contributed by atoms with Gasteiger partial charge in [0.15, 0.2) is 5.82 Å². The average Bonchev–Trinajstić information content (AvgIpc) is 2.78. The molecule has 0 aliphatic rings. The second kappa shape index (κ2) is 4.90. The highest BCUT2D eigenvalue weighted by molar-refractivity contribution is 5.24. The number of hydrogen-bond donors (Lipinski definition) is 2. The second-order valence-electron chi connectivity index (χ2n) is 3.75. The Morgan fingerprint density at radius 1 is 1.19 bits per heavy atom. The average molecular weight is 216 g/mol. The van der Waals surface area contributed by atoms with Crippen LogP contribution < -0.4 is 5.73 Å². The summed E-state index contributed by atoms with van der Waals surface area (Å²) >= 11 is 0. The first-order valence-electron chi connectivity index (χ1n) is 5.50. The van der Waals surface area contributed by atoms with Gasteiger partial charge in [-0.25, -0.2) is 4.98 Å². The minimum atomic E-state index is 0.380. The molecule has 0 saturated carbocycles. The Balaban J connectivity index is 2.08. The summed E-state index contributed by atoms with van der Waals surface area (Å²) in [5.41, 5.74) is 8.03. The van der Waals surface area contributed by atoms with Crippen LogP contribution in [0.25, 0.3) is 0 Å². The predicted octanol–water partition coefficient (Wildman–Crippen LogP) is 1.42. The van der Waals surface area contributed by atoms with Crippen molar-refractivity contribution in [3.63, 3.8) is 0 Å². The van der Waals surface area contributed by atoms with Gasteiger partial charge in [-0.3, -0.25) is 5.10 Å². The Kier molecular flexibility index (Phi) is 3.31. The first-order valence-corrected chi connectivity index (χ1v) is 5.50. The van der Waals surface area contributed by atoms with Gasteiger partial charge in [-0.05, 0) is 17.5 Å². The fraction of sp³-hybridized carbons (Fsp3) is 0.333. The molecule has 0 bridgehead atoms. The molecule has 1 aromatic carbocycles. The van der Waals surface area contributed by atoms with Crippen molar-refractivity contribution in [2.45, 2.75) is 26.3 Å². The topological polar surface area (TPSA) is 67.6 Å². The summed E-state index contributed by atoms with van der Waals surface area (Å²) in [4.78, 5) is 4.27. The van der Waals surface area contributed by atoms with Crippen molar-refractivity contribution in [2.75, 3.05) is 0 Å². The minimum absolute atomic E-state index is 0.380. The second-order valence-corrected chi connectivity index (χ2v) is 3.75. The van der Waals surface area contributed by atoms with Crippen molar-refractivity contribution in [1.29, 1.82) is 0 Å². The van der Waals surface area contributed by atoms with Gasteiger partial charge in [-0.1, -0.05) is 31.2 Å². The van der Waals surface area contributed by atoms with Crippen LogP contribution in [0.15, 0.2) is 24.3 Å². The Bertz CT molecular complexity index is 444. The molecule has 4 nitrogen and oxygen atoms in total. The van der Waals surface area contributed by atoms with Gasteiger partial charge in [0.2, 0.25) is 0 Å². The molecule has 84 valence electrons. The van der Waals surface area contributed by atoms with Crippen molar-refractivity contribution in [1.82, 2.24) is 15.2 Å². The van der Waals surface area contributed by atoms with E-state index in [1.54, 1.807) is 0 Å². The molecule has 3 N–H and O–H groups in total. The maximum atomic E-state index is 5.45. The largest absolute Gasteiger partial charge is 0.324 e. The number of H-pyrrole nitrogens is 1. The highest BCUT2D eigenvalue weighted by Gasteiger charge is 2.02. The number of aromatic amines is 1. The van der Waals surface area contributed by atoms with Crippen LogP contribution in [0.3, 0.4) is 0 Å². The first-order chi connectivity index (χ1) is 7.81. The number of hydrogen-bond acceptors (Lipinski definition) is 3. The van der Waals surface area contributed by atoms with Gasteiger partial charge in [0.25, 0.3) is 0 Å². The smallest absolute Gasteiger partial charge is 0.164 e. The maximum Gasteiger partial charge on any atom is 0.164 e. The van der Waals surface area contributed by atoms with Crippen LogP contribution >= 0.6 is 0 Å². The van der Waals surface area contributed by atoms with Crippen molar-refractivity contribution in [3.05, 3.63) is 47.0 Å². The molecule has 0 saturated heterocycles. The summed E-state index contributed by atoms with van der Waals surface area (Å²) in [6.45, 7) is 2.53. The molecule has 4 heteroatoms. The van der Waals surface area contributed by atoms with Crippen LogP contribution in [-0.2, 0) is 19.4 Å². The van der Waals surface area contributed by atoms with Crippen molar-refractivity contribution in [2.24, 2.45) is 5.73 Å². The molecule has 0 unspecified atom stereocenters. The third-order valence-corrected chi connectivity index (χ3v) is 2.56. The number of nitrogens with two attached hydrogens (primary N) is 1. The molecule has 0 amide bonds. The van der Waals surface area contributed by atoms with Crippen LogP contribution in [0.1, 0.15) is 29.7 Å². The molecular formula is C12H16N4. The standard InChI is InChI=1S/C12H16N4/c1-2-9-3-5-10(6-4-9)7-11-14-12(8-13)16-15-11/h3-6H,2,7-8,13H2,1H3,(H,14,15,16). The lowest BCUT2D eigenvalue weighted by Gasteiger charge is -2.00. The molecular weight excluding hydrogens is 200 g/mol. The van der Waals surface area contributed by atoms with E-state index in [2.05, 4.69) is 46.4 Å². The molecule has 0 fully saturated rings. The third kappa shape index (κ3) is 2.46. The van der Waals surface area contributed by atoms with E-state index in [9.17, 15) is 0 Å². The molecule has 0 atom stereocenters. The zero-order valence-corrected chi connectivity index (χ0v) is 9.40. The Labute approximate surface area is 94.9 Å². The molecule has 2 rings (SSSR count). The molecule has 0 aliphatic carbocycles. The van der Waals surface area contributed by atoms with Gasteiger partial charge >= 0.3 is 0 Å². The fourth-order valence-electron chi connectivity index (χ4n) is 1.59. The van der Waals surface area contributed by atoms with Crippen LogP contribution in [0.2, 0.25) is 0 Å². The van der Waals surface area contributed by atoms with E-state index in [4.69, 9.17) is 5.73 Å². The summed E-state index contributed by atoms with van der Waals surface area (Å²) in [6.07, 6.45) is 1.84. The molecule has 2 aromatic rings. The monoisotopic (exact) mass is 216 g/mol. The molecule has 0 spiro atoms. The SMILES string of the molecule is CCc1ccc(Cc2nc(CN)n[nH]2)cc1. The lowest BCUT2D eigenvalue weighted by molar-refractivity contribution is 0.916. The summed E-state index contributed by atoms with van der Waals surface area (Å²) in [6, 6.07) is 8.55. The van der Waals surface area contributed by atoms with E-state index in [0.29, 0.717) is 12.4 Å². The number of aryl methyl sites for hydroxylation is 1. The van der Waals surface area contributed by atoms with E-state index in [1.165, 1.54) is 11.1 Å². The maximum absolute atomic E-state index is 5.45. The highest BCUT2D eigenvalue weighted by Crippen LogP contribution is 2.08. The minimum Gasteiger partial charge on any atom is -0.324 e. The zero-order chi connectivity index (χ0) is 11.4.